The molecule has 0 rings (SSSR count). The van der Waals surface area contributed by atoms with Crippen molar-refractivity contribution >= 4 is 11.6 Å². The van der Waals surface area contributed by atoms with E-state index in [0.717, 1.165) is 31.4 Å². The van der Waals surface area contributed by atoms with Crippen LogP contribution in [0.4, 0.5) is 0 Å². The first-order chi connectivity index (χ1) is 7.20. The van der Waals surface area contributed by atoms with E-state index in [9.17, 15) is 0 Å². The normalized spacial score (nSPS) is 10.9. The minimum absolute atomic E-state index is 0.660. The molecule has 15 heavy (non-hydrogen) atoms. The molecule has 0 heterocycles. The average Bonchev–Trinajstić information content (AvgIpc) is 2.21. The molecule has 0 unspecified atom stereocenters. The predicted octanol–water partition coefficient (Wildman–Crippen LogP) is 4.18. The van der Waals surface area contributed by atoms with Crippen LogP contribution in [0.15, 0.2) is 12.2 Å². The largest absolute Gasteiger partial charge is 0.377 e. The second-order valence-electron chi connectivity index (χ2n) is 3.95. The van der Waals surface area contributed by atoms with Gasteiger partial charge in [0.2, 0.25) is 0 Å². The van der Waals surface area contributed by atoms with Crippen LogP contribution in [0.3, 0.4) is 0 Å². The van der Waals surface area contributed by atoms with Gasteiger partial charge in [-0.25, -0.2) is 0 Å². The van der Waals surface area contributed by atoms with Crippen LogP contribution in [0.5, 0.6) is 0 Å². The van der Waals surface area contributed by atoms with Gasteiger partial charge in [0.15, 0.2) is 0 Å². The summed E-state index contributed by atoms with van der Waals surface area (Å²) < 4.78 is 5.44. The molecule has 0 aromatic rings. The second kappa shape index (κ2) is 10.5. The first kappa shape index (κ1) is 15.0. The summed E-state index contributed by atoms with van der Waals surface area (Å²) in [7, 11) is 0. The van der Waals surface area contributed by atoms with Crippen LogP contribution in [0, 0.1) is 12.8 Å². The molecule has 2 heteroatoms. The van der Waals surface area contributed by atoms with Crippen molar-refractivity contribution in [3.05, 3.63) is 25.0 Å². The summed E-state index contributed by atoms with van der Waals surface area (Å²) in [6.45, 7) is 11.0. The molecule has 88 valence electrons. The van der Waals surface area contributed by atoms with E-state index in [1.54, 1.807) is 0 Å². The van der Waals surface area contributed by atoms with Crippen molar-refractivity contribution in [2.75, 3.05) is 19.1 Å². The maximum Gasteiger partial charge on any atom is 0.0671 e. The fourth-order valence-electron chi connectivity index (χ4n) is 1.27. The third-order valence-electron chi connectivity index (χ3n) is 2.17. The Bertz CT molecular complexity index is 157. The lowest BCUT2D eigenvalue weighted by Gasteiger charge is -2.12. The van der Waals surface area contributed by atoms with Gasteiger partial charge in [0.1, 0.15) is 0 Å². The highest BCUT2D eigenvalue weighted by Crippen LogP contribution is 2.17. The number of alkyl halides is 1. The molecule has 0 atom stereocenters. The summed E-state index contributed by atoms with van der Waals surface area (Å²) in [5.74, 6) is 2.06. The number of ether oxygens (including phenoxy) is 1. The Morgan fingerprint density at radius 2 is 2.00 bits per heavy atom. The van der Waals surface area contributed by atoms with Crippen molar-refractivity contribution in [1.82, 2.24) is 0 Å². The number of halogens is 1. The van der Waals surface area contributed by atoms with Gasteiger partial charge in [0.05, 0.1) is 6.61 Å². The molecule has 0 bridgehead atoms. The molecule has 0 aliphatic carbocycles. The monoisotopic (exact) mass is 230 g/mol. The molecular formula is C13H23ClO. The lowest BCUT2D eigenvalue weighted by Crippen LogP contribution is -2.06. The summed E-state index contributed by atoms with van der Waals surface area (Å²) >= 11 is 5.86. The number of hydrogen-bond acceptors (Lipinski definition) is 1. The van der Waals surface area contributed by atoms with Gasteiger partial charge in [0, 0.05) is 12.5 Å². The molecule has 2 radical (unpaired) electrons. The van der Waals surface area contributed by atoms with Gasteiger partial charge < -0.3 is 4.74 Å². The van der Waals surface area contributed by atoms with Crippen LogP contribution < -0.4 is 0 Å². The highest BCUT2D eigenvalue weighted by atomic mass is 35.5. The molecule has 0 aromatic heterocycles. The Labute approximate surface area is 99.8 Å². The maximum atomic E-state index is 5.86. The molecule has 0 fully saturated rings. The number of hydrogen-bond donors (Lipinski definition) is 0. The molecular weight excluding hydrogens is 208 g/mol. The van der Waals surface area contributed by atoms with Gasteiger partial charge in [-0.15, -0.1) is 11.6 Å². The SMILES string of the molecule is [CH2]CCCC[C](CCl)CCOCC(=C)C. The van der Waals surface area contributed by atoms with E-state index in [4.69, 9.17) is 16.3 Å². The van der Waals surface area contributed by atoms with E-state index in [0.29, 0.717) is 12.5 Å². The minimum Gasteiger partial charge on any atom is -0.377 e. The highest BCUT2D eigenvalue weighted by molar-refractivity contribution is 6.19. The fourth-order valence-corrected chi connectivity index (χ4v) is 1.54. The van der Waals surface area contributed by atoms with Crippen LogP contribution in [-0.4, -0.2) is 19.1 Å². The lowest BCUT2D eigenvalue weighted by molar-refractivity contribution is 0.155. The first-order valence-corrected chi connectivity index (χ1v) is 6.15. The Morgan fingerprint density at radius 1 is 1.27 bits per heavy atom. The number of unbranched alkanes of at least 4 members (excludes halogenated alkanes) is 2. The van der Waals surface area contributed by atoms with Crippen LogP contribution in [-0.2, 0) is 4.74 Å². The molecule has 0 amide bonds. The van der Waals surface area contributed by atoms with Crippen molar-refractivity contribution in [3.8, 4) is 0 Å². The van der Waals surface area contributed by atoms with Gasteiger partial charge in [-0.2, -0.15) is 0 Å². The summed E-state index contributed by atoms with van der Waals surface area (Å²) in [4.78, 5) is 0. The summed E-state index contributed by atoms with van der Waals surface area (Å²) in [5, 5.41) is 0. The highest BCUT2D eigenvalue weighted by Gasteiger charge is 2.07. The Morgan fingerprint density at radius 3 is 2.53 bits per heavy atom. The summed E-state index contributed by atoms with van der Waals surface area (Å²) in [6, 6.07) is 0. The minimum atomic E-state index is 0.660. The molecule has 0 N–H and O–H groups in total. The van der Waals surface area contributed by atoms with Gasteiger partial charge in [-0.1, -0.05) is 38.3 Å². The second-order valence-corrected chi connectivity index (χ2v) is 4.22. The third-order valence-corrected chi connectivity index (χ3v) is 2.55. The van der Waals surface area contributed by atoms with E-state index >= 15 is 0 Å². The molecule has 0 aromatic carbocycles. The topological polar surface area (TPSA) is 9.23 Å². The van der Waals surface area contributed by atoms with E-state index in [1.807, 2.05) is 6.92 Å². The van der Waals surface area contributed by atoms with Crippen molar-refractivity contribution < 1.29 is 4.74 Å². The standard InChI is InChI=1S/C13H23ClO/c1-4-5-6-7-13(10-14)8-9-15-11-12(2)3/h1-2,4-11H2,3H3. The zero-order chi connectivity index (χ0) is 11.5. The van der Waals surface area contributed by atoms with Crippen molar-refractivity contribution in [3.63, 3.8) is 0 Å². The van der Waals surface area contributed by atoms with E-state index in [-0.39, 0.29) is 0 Å². The van der Waals surface area contributed by atoms with E-state index in [2.05, 4.69) is 13.5 Å². The molecule has 0 spiro atoms. The first-order valence-electron chi connectivity index (χ1n) is 5.61. The van der Waals surface area contributed by atoms with Crippen LogP contribution in [0.25, 0.3) is 0 Å². The van der Waals surface area contributed by atoms with Crippen LogP contribution >= 0.6 is 11.6 Å². The van der Waals surface area contributed by atoms with E-state index < -0.39 is 0 Å². The summed E-state index contributed by atoms with van der Waals surface area (Å²) in [5.41, 5.74) is 1.07. The zero-order valence-corrected chi connectivity index (χ0v) is 10.6. The van der Waals surface area contributed by atoms with Crippen molar-refractivity contribution in [2.24, 2.45) is 0 Å². The molecule has 0 aliphatic rings. The van der Waals surface area contributed by atoms with Gasteiger partial charge >= 0.3 is 0 Å². The van der Waals surface area contributed by atoms with Gasteiger partial charge in [0.25, 0.3) is 0 Å². The van der Waals surface area contributed by atoms with Crippen LogP contribution in [0.1, 0.15) is 39.0 Å². The Balaban J connectivity index is 3.39. The van der Waals surface area contributed by atoms with Crippen molar-refractivity contribution in [1.29, 1.82) is 0 Å². The fraction of sp³-hybridized carbons (Fsp3) is 0.692. The van der Waals surface area contributed by atoms with Gasteiger partial charge in [-0.05, 0) is 25.7 Å². The smallest absolute Gasteiger partial charge is 0.0671 e. The third kappa shape index (κ3) is 10.3. The lowest BCUT2D eigenvalue weighted by atomic mass is 10.0. The predicted molar refractivity (Wildman–Crippen MR) is 68.0 cm³/mol. The van der Waals surface area contributed by atoms with Crippen LogP contribution in [0.2, 0.25) is 0 Å². The molecule has 0 aliphatic heterocycles. The Kier molecular flexibility index (Phi) is 10.5. The van der Waals surface area contributed by atoms with E-state index in [1.165, 1.54) is 18.8 Å². The number of rotatable bonds is 10. The summed E-state index contributed by atoms with van der Waals surface area (Å²) in [6.07, 6.45) is 5.50. The van der Waals surface area contributed by atoms with Crippen molar-refractivity contribution in [2.45, 2.75) is 39.0 Å². The molecule has 0 saturated heterocycles. The molecule has 0 saturated carbocycles. The molecule has 1 nitrogen and oxygen atoms in total. The quantitative estimate of drug-likeness (QED) is 0.311. The average molecular weight is 231 g/mol. The van der Waals surface area contributed by atoms with Gasteiger partial charge in [-0.3, -0.25) is 0 Å². The maximum absolute atomic E-state index is 5.86. The Hall–Kier alpha value is -0.0100. The zero-order valence-electron chi connectivity index (χ0n) is 9.86.